The molecule has 0 radical (unpaired) electrons. The number of likely N-dealkylation sites (N-methyl/N-ethyl adjacent to an activating group) is 1. The summed E-state index contributed by atoms with van der Waals surface area (Å²) in [7, 11) is 2.18. The molecule has 3 heteroatoms. The molecule has 0 spiro atoms. The summed E-state index contributed by atoms with van der Waals surface area (Å²) >= 11 is 5.91. The van der Waals surface area contributed by atoms with Crippen molar-refractivity contribution in [1.29, 1.82) is 0 Å². The Morgan fingerprint density at radius 1 is 1.29 bits per heavy atom. The minimum absolute atomic E-state index is 0.328. The van der Waals surface area contributed by atoms with E-state index in [1.807, 2.05) is 12.1 Å². The summed E-state index contributed by atoms with van der Waals surface area (Å²) in [6.07, 6.45) is 3.63. The van der Waals surface area contributed by atoms with Crippen LogP contribution in [0.25, 0.3) is 0 Å². The molecule has 1 aliphatic rings. The number of halogens is 1. The van der Waals surface area contributed by atoms with Crippen LogP contribution in [0.2, 0.25) is 5.02 Å². The first-order valence-corrected chi connectivity index (χ1v) is 6.70. The second-order valence-corrected chi connectivity index (χ2v) is 5.49. The van der Waals surface area contributed by atoms with E-state index in [4.69, 9.17) is 17.3 Å². The predicted molar refractivity (Wildman–Crippen MR) is 73.2 cm³/mol. The molecule has 1 fully saturated rings. The largest absolute Gasteiger partial charge is 0.326 e. The molecule has 1 saturated carbocycles. The third-order valence-electron chi connectivity index (χ3n) is 4.02. The number of hydrogen-bond acceptors (Lipinski definition) is 2. The zero-order valence-electron chi connectivity index (χ0n) is 10.6. The SMILES string of the molecule is CC(c1ccc(Cl)cc1)N(C)C1CCCC1N. The molecule has 0 heterocycles. The van der Waals surface area contributed by atoms with Gasteiger partial charge in [0.2, 0.25) is 0 Å². The fraction of sp³-hybridized carbons (Fsp3) is 0.571. The molecular formula is C14H21ClN2. The molecule has 0 saturated heterocycles. The Morgan fingerprint density at radius 3 is 2.47 bits per heavy atom. The summed E-state index contributed by atoms with van der Waals surface area (Å²) in [6, 6.07) is 9.34. The van der Waals surface area contributed by atoms with Gasteiger partial charge in [0.05, 0.1) is 0 Å². The highest BCUT2D eigenvalue weighted by Gasteiger charge is 2.30. The topological polar surface area (TPSA) is 29.3 Å². The summed E-state index contributed by atoms with van der Waals surface area (Å²) in [5.41, 5.74) is 7.46. The smallest absolute Gasteiger partial charge is 0.0406 e. The van der Waals surface area contributed by atoms with Crippen LogP contribution < -0.4 is 5.73 Å². The third kappa shape index (κ3) is 2.82. The van der Waals surface area contributed by atoms with Gasteiger partial charge in [-0.3, -0.25) is 4.90 Å². The van der Waals surface area contributed by atoms with Crippen molar-refractivity contribution in [2.45, 2.75) is 44.3 Å². The van der Waals surface area contributed by atoms with Crippen molar-refractivity contribution in [1.82, 2.24) is 4.90 Å². The molecule has 0 bridgehead atoms. The lowest BCUT2D eigenvalue weighted by Crippen LogP contribution is -2.43. The number of benzene rings is 1. The number of rotatable bonds is 3. The summed E-state index contributed by atoms with van der Waals surface area (Å²) in [4.78, 5) is 2.40. The van der Waals surface area contributed by atoms with Crippen LogP contribution in [0.5, 0.6) is 0 Å². The van der Waals surface area contributed by atoms with Crippen LogP contribution in [0.15, 0.2) is 24.3 Å². The van der Waals surface area contributed by atoms with E-state index >= 15 is 0 Å². The quantitative estimate of drug-likeness (QED) is 0.895. The third-order valence-corrected chi connectivity index (χ3v) is 4.27. The van der Waals surface area contributed by atoms with Crippen LogP contribution in [0.4, 0.5) is 0 Å². The molecule has 2 N–H and O–H groups in total. The first kappa shape index (κ1) is 12.9. The van der Waals surface area contributed by atoms with Crippen molar-refractivity contribution < 1.29 is 0 Å². The monoisotopic (exact) mass is 252 g/mol. The van der Waals surface area contributed by atoms with Gasteiger partial charge in [-0.1, -0.05) is 30.2 Å². The van der Waals surface area contributed by atoms with Crippen molar-refractivity contribution in [2.24, 2.45) is 5.73 Å². The molecule has 2 nitrogen and oxygen atoms in total. The van der Waals surface area contributed by atoms with E-state index in [0.29, 0.717) is 18.1 Å². The zero-order valence-corrected chi connectivity index (χ0v) is 11.3. The molecule has 94 valence electrons. The van der Waals surface area contributed by atoms with E-state index in [1.165, 1.54) is 18.4 Å². The van der Waals surface area contributed by atoms with Gasteiger partial charge in [0.1, 0.15) is 0 Å². The van der Waals surface area contributed by atoms with Crippen molar-refractivity contribution in [3.8, 4) is 0 Å². The van der Waals surface area contributed by atoms with E-state index in [0.717, 1.165) is 11.4 Å². The van der Waals surface area contributed by atoms with Crippen molar-refractivity contribution in [3.63, 3.8) is 0 Å². The number of nitrogens with two attached hydrogens (primary N) is 1. The fourth-order valence-electron chi connectivity index (χ4n) is 2.74. The van der Waals surface area contributed by atoms with Crippen LogP contribution in [-0.2, 0) is 0 Å². The first-order chi connectivity index (χ1) is 8.09. The highest BCUT2D eigenvalue weighted by Crippen LogP contribution is 2.29. The van der Waals surface area contributed by atoms with E-state index in [2.05, 4.69) is 31.0 Å². The van der Waals surface area contributed by atoms with Gasteiger partial charge in [-0.25, -0.2) is 0 Å². The lowest BCUT2D eigenvalue weighted by molar-refractivity contribution is 0.174. The lowest BCUT2D eigenvalue weighted by Gasteiger charge is -2.33. The predicted octanol–water partition coefficient (Wildman–Crippen LogP) is 3.21. The van der Waals surface area contributed by atoms with E-state index in [1.54, 1.807) is 0 Å². The second-order valence-electron chi connectivity index (χ2n) is 5.06. The Bertz CT molecular complexity index is 363. The fourth-order valence-corrected chi connectivity index (χ4v) is 2.86. The Labute approximate surface area is 109 Å². The summed E-state index contributed by atoms with van der Waals surface area (Å²) < 4.78 is 0. The van der Waals surface area contributed by atoms with Gasteiger partial charge in [0.15, 0.2) is 0 Å². The highest BCUT2D eigenvalue weighted by molar-refractivity contribution is 6.30. The number of nitrogens with zero attached hydrogens (tertiary/aromatic N) is 1. The maximum atomic E-state index is 6.16. The Kier molecular flexibility index (Phi) is 4.08. The van der Waals surface area contributed by atoms with Gasteiger partial charge in [-0.2, -0.15) is 0 Å². The van der Waals surface area contributed by atoms with Gasteiger partial charge in [-0.15, -0.1) is 0 Å². The standard InChI is InChI=1S/C14H21ClN2/c1-10(11-6-8-12(15)9-7-11)17(2)14-5-3-4-13(14)16/h6-10,13-14H,3-5,16H2,1-2H3. The first-order valence-electron chi connectivity index (χ1n) is 6.32. The summed E-state index contributed by atoms with van der Waals surface area (Å²) in [5.74, 6) is 0. The molecule has 3 atom stereocenters. The lowest BCUT2D eigenvalue weighted by atomic mass is 10.0. The molecule has 0 amide bonds. The molecule has 1 aromatic carbocycles. The molecule has 1 aromatic rings. The zero-order chi connectivity index (χ0) is 12.4. The number of hydrogen-bond donors (Lipinski definition) is 1. The average Bonchev–Trinajstić information content (AvgIpc) is 2.74. The summed E-state index contributed by atoms with van der Waals surface area (Å²) in [5, 5.41) is 0.793. The normalized spacial score (nSPS) is 26.4. The second kappa shape index (κ2) is 5.38. The van der Waals surface area contributed by atoms with E-state index < -0.39 is 0 Å². The molecular weight excluding hydrogens is 232 g/mol. The Morgan fingerprint density at radius 2 is 1.94 bits per heavy atom. The van der Waals surface area contributed by atoms with Gasteiger partial charge >= 0.3 is 0 Å². The van der Waals surface area contributed by atoms with Crippen LogP contribution in [0.3, 0.4) is 0 Å². The minimum atomic E-state index is 0.328. The minimum Gasteiger partial charge on any atom is -0.326 e. The van der Waals surface area contributed by atoms with E-state index in [-0.39, 0.29) is 0 Å². The molecule has 17 heavy (non-hydrogen) atoms. The van der Waals surface area contributed by atoms with Gasteiger partial charge < -0.3 is 5.73 Å². The van der Waals surface area contributed by atoms with Crippen LogP contribution in [-0.4, -0.2) is 24.0 Å². The van der Waals surface area contributed by atoms with Crippen molar-refractivity contribution >= 4 is 11.6 Å². The molecule has 1 aliphatic carbocycles. The van der Waals surface area contributed by atoms with Crippen LogP contribution in [0, 0.1) is 0 Å². The van der Waals surface area contributed by atoms with Crippen LogP contribution in [0.1, 0.15) is 37.8 Å². The van der Waals surface area contributed by atoms with Gasteiger partial charge in [-0.05, 0) is 44.5 Å². The van der Waals surface area contributed by atoms with Gasteiger partial charge in [0.25, 0.3) is 0 Å². The maximum absolute atomic E-state index is 6.16. The average molecular weight is 253 g/mol. The molecule has 2 rings (SSSR count). The maximum Gasteiger partial charge on any atom is 0.0406 e. The van der Waals surface area contributed by atoms with Crippen molar-refractivity contribution in [3.05, 3.63) is 34.9 Å². The Hall–Kier alpha value is -0.570. The highest BCUT2D eigenvalue weighted by atomic mass is 35.5. The van der Waals surface area contributed by atoms with Gasteiger partial charge in [0, 0.05) is 23.1 Å². The van der Waals surface area contributed by atoms with Crippen LogP contribution >= 0.6 is 11.6 Å². The van der Waals surface area contributed by atoms with Crippen molar-refractivity contribution in [2.75, 3.05) is 7.05 Å². The Balaban J connectivity index is 2.08. The van der Waals surface area contributed by atoms with E-state index in [9.17, 15) is 0 Å². The molecule has 0 aromatic heterocycles. The molecule has 3 unspecified atom stereocenters. The summed E-state index contributed by atoms with van der Waals surface area (Å²) in [6.45, 7) is 2.23. The molecule has 0 aliphatic heterocycles.